The van der Waals surface area contributed by atoms with E-state index in [-0.39, 0.29) is 10.8 Å². The molecule has 5 saturated carbocycles. The third-order valence-corrected chi connectivity index (χ3v) is 17.1. The van der Waals surface area contributed by atoms with Crippen LogP contribution in [0.1, 0.15) is 92.9 Å². The van der Waals surface area contributed by atoms with Crippen molar-refractivity contribution in [1.82, 2.24) is 0 Å². The van der Waals surface area contributed by atoms with Gasteiger partial charge in [0.25, 0.3) is 0 Å². The zero-order chi connectivity index (χ0) is 35.9. The van der Waals surface area contributed by atoms with E-state index in [1.54, 1.807) is 22.3 Å². The highest BCUT2D eigenvalue weighted by atomic mass is 32.1. The lowest BCUT2D eigenvalue weighted by atomic mass is 9.51. The van der Waals surface area contributed by atoms with E-state index in [0.717, 1.165) is 23.7 Å². The van der Waals surface area contributed by atoms with E-state index in [1.165, 1.54) is 130 Å². The summed E-state index contributed by atoms with van der Waals surface area (Å²) in [5.41, 5.74) is 16.4. The van der Waals surface area contributed by atoms with Crippen LogP contribution in [0.25, 0.3) is 42.4 Å². The molecule has 0 N–H and O–H groups in total. The van der Waals surface area contributed by atoms with Crippen molar-refractivity contribution in [1.29, 1.82) is 0 Å². The molecule has 5 fully saturated rings. The third-order valence-electron chi connectivity index (χ3n) is 15.9. The number of anilines is 3. The Morgan fingerprint density at radius 3 is 1.93 bits per heavy atom. The minimum Gasteiger partial charge on any atom is -0.310 e. The average molecular weight is 730 g/mol. The Morgan fingerprint density at radius 1 is 0.455 bits per heavy atom. The highest BCUT2D eigenvalue weighted by Gasteiger charge is 2.59. The van der Waals surface area contributed by atoms with Gasteiger partial charge in [-0.25, -0.2) is 0 Å². The quantitative estimate of drug-likeness (QED) is 0.175. The lowest BCUT2D eigenvalue weighted by Gasteiger charge is -2.53. The van der Waals surface area contributed by atoms with Crippen LogP contribution < -0.4 is 4.90 Å². The highest BCUT2D eigenvalue weighted by molar-refractivity contribution is 7.25. The Bertz CT molecular complexity index is 2700. The number of fused-ring (bicyclic) bond motifs is 12. The largest absolute Gasteiger partial charge is 0.310 e. The number of rotatable bonds is 3. The summed E-state index contributed by atoms with van der Waals surface area (Å²) in [5, 5.41) is 2.73. The maximum Gasteiger partial charge on any atom is 0.0476 e. The molecule has 0 saturated heterocycles. The van der Waals surface area contributed by atoms with Gasteiger partial charge in [0.05, 0.1) is 0 Å². The molecule has 0 amide bonds. The van der Waals surface area contributed by atoms with Crippen molar-refractivity contribution >= 4 is 48.6 Å². The summed E-state index contributed by atoms with van der Waals surface area (Å²) in [7, 11) is 0. The third kappa shape index (κ3) is 4.20. The predicted octanol–water partition coefficient (Wildman–Crippen LogP) is 14.9. The monoisotopic (exact) mass is 729 g/mol. The van der Waals surface area contributed by atoms with E-state index in [1.807, 2.05) is 11.3 Å². The summed E-state index contributed by atoms with van der Waals surface area (Å²) in [6.07, 6.45) is 15.0. The van der Waals surface area contributed by atoms with Crippen molar-refractivity contribution in [3.8, 4) is 22.3 Å². The molecule has 14 rings (SSSR count). The van der Waals surface area contributed by atoms with Crippen LogP contribution in [-0.4, -0.2) is 0 Å². The molecule has 7 aliphatic carbocycles. The van der Waals surface area contributed by atoms with Crippen molar-refractivity contribution < 1.29 is 0 Å². The molecule has 1 heterocycles. The van der Waals surface area contributed by atoms with Gasteiger partial charge in [0, 0.05) is 48.1 Å². The molecule has 55 heavy (non-hydrogen) atoms. The number of hydrogen-bond donors (Lipinski definition) is 0. The topological polar surface area (TPSA) is 3.24 Å². The molecule has 5 atom stereocenters. The van der Waals surface area contributed by atoms with Crippen LogP contribution in [0, 0.1) is 23.7 Å². The molecule has 0 radical (unpaired) electrons. The number of benzene rings is 6. The second kappa shape index (κ2) is 11.5. The first-order valence-corrected chi connectivity index (χ1v) is 22.2. The van der Waals surface area contributed by atoms with Crippen LogP contribution in [-0.2, 0) is 10.8 Å². The summed E-state index contributed by atoms with van der Waals surface area (Å²) in [6.45, 7) is 0. The van der Waals surface area contributed by atoms with E-state index in [0.29, 0.717) is 0 Å². The van der Waals surface area contributed by atoms with Crippen LogP contribution in [0.5, 0.6) is 0 Å². The van der Waals surface area contributed by atoms with Gasteiger partial charge < -0.3 is 4.90 Å². The van der Waals surface area contributed by atoms with Gasteiger partial charge in [-0.15, -0.1) is 11.3 Å². The van der Waals surface area contributed by atoms with Gasteiger partial charge in [-0.3, -0.25) is 0 Å². The van der Waals surface area contributed by atoms with Crippen LogP contribution in [0.4, 0.5) is 17.1 Å². The predicted molar refractivity (Wildman–Crippen MR) is 231 cm³/mol. The molecule has 7 aliphatic rings. The first-order valence-electron chi connectivity index (χ1n) is 21.4. The minimum absolute atomic E-state index is 0.115. The maximum atomic E-state index is 2.70. The lowest BCUT2D eigenvalue weighted by molar-refractivity contribution is 0.0618. The summed E-state index contributed by atoms with van der Waals surface area (Å²) in [5.74, 6) is 3.31. The molecular weight excluding hydrogens is 683 g/mol. The van der Waals surface area contributed by atoms with Gasteiger partial charge in [-0.05, 0) is 156 Å². The number of thiophene rings is 1. The fraction of sp³-hybridized carbons (Fsp3) is 0.321. The fourth-order valence-corrected chi connectivity index (χ4v) is 15.1. The van der Waals surface area contributed by atoms with Crippen LogP contribution in [0.2, 0.25) is 0 Å². The standard InChI is InChI=1S/C53H47NS/c1-8-24-52(25-9-1)46-13-5-2-10-40(46)42-21-18-37(30-48(42)52)54(39-20-23-45-44-12-4-7-15-50(44)55-51(45)32-39)38-19-22-43-41-11-3-6-14-47(41)53(49(43)31-38)35-17-16-33-26-34(28-35)29-36(53)27-33/h2-7,10-15,18-23,30-36H,1,8-9,16-17,24-29H2. The molecule has 2 heteroatoms. The van der Waals surface area contributed by atoms with Crippen LogP contribution >= 0.6 is 11.3 Å². The van der Waals surface area contributed by atoms with Crippen molar-refractivity contribution in [3.63, 3.8) is 0 Å². The number of nitrogens with zero attached hydrogens (tertiary/aromatic N) is 1. The van der Waals surface area contributed by atoms with E-state index < -0.39 is 0 Å². The minimum atomic E-state index is 0.115. The molecular formula is C53H47NS. The van der Waals surface area contributed by atoms with Crippen molar-refractivity contribution in [3.05, 3.63) is 150 Å². The van der Waals surface area contributed by atoms with Gasteiger partial charge in [0.1, 0.15) is 0 Å². The molecule has 5 unspecified atom stereocenters. The summed E-state index contributed by atoms with van der Waals surface area (Å²) in [4.78, 5) is 2.64. The average Bonchev–Trinajstić information content (AvgIpc) is 3.77. The van der Waals surface area contributed by atoms with Crippen molar-refractivity contribution in [2.45, 2.75) is 81.5 Å². The molecule has 7 aromatic rings. The first kappa shape index (κ1) is 31.5. The Morgan fingerprint density at radius 2 is 1.07 bits per heavy atom. The van der Waals surface area contributed by atoms with Crippen molar-refractivity contribution in [2.75, 3.05) is 4.90 Å². The van der Waals surface area contributed by atoms with E-state index in [4.69, 9.17) is 0 Å². The van der Waals surface area contributed by atoms with Gasteiger partial charge >= 0.3 is 0 Å². The van der Waals surface area contributed by atoms with E-state index in [9.17, 15) is 0 Å². The Kier molecular flexibility index (Phi) is 6.57. The van der Waals surface area contributed by atoms with Crippen LogP contribution in [0.15, 0.2) is 127 Å². The van der Waals surface area contributed by atoms with Gasteiger partial charge in [0.2, 0.25) is 0 Å². The molecule has 1 aromatic heterocycles. The van der Waals surface area contributed by atoms with Gasteiger partial charge in [-0.1, -0.05) is 111 Å². The lowest BCUT2D eigenvalue weighted by Crippen LogP contribution is -2.48. The Hall–Kier alpha value is -4.66. The van der Waals surface area contributed by atoms with Gasteiger partial charge in [-0.2, -0.15) is 0 Å². The summed E-state index contributed by atoms with van der Waals surface area (Å²) < 4.78 is 2.73. The van der Waals surface area contributed by atoms with Crippen molar-refractivity contribution in [2.24, 2.45) is 23.7 Å². The summed E-state index contributed by atoms with van der Waals surface area (Å²) in [6, 6.07) is 50.4. The Labute approximate surface area is 329 Å². The van der Waals surface area contributed by atoms with E-state index in [2.05, 4.69) is 132 Å². The van der Waals surface area contributed by atoms with Gasteiger partial charge in [0.15, 0.2) is 0 Å². The maximum absolute atomic E-state index is 2.70. The zero-order valence-electron chi connectivity index (χ0n) is 31.6. The molecule has 6 aromatic carbocycles. The number of hydrogen-bond acceptors (Lipinski definition) is 2. The van der Waals surface area contributed by atoms with Crippen LogP contribution in [0.3, 0.4) is 0 Å². The highest BCUT2D eigenvalue weighted by Crippen LogP contribution is 2.68. The molecule has 0 aliphatic heterocycles. The van der Waals surface area contributed by atoms with E-state index >= 15 is 0 Å². The zero-order valence-corrected chi connectivity index (χ0v) is 32.4. The molecule has 270 valence electrons. The molecule has 4 bridgehead atoms. The molecule has 2 spiro atoms. The molecule has 1 nitrogen and oxygen atoms in total. The summed E-state index contributed by atoms with van der Waals surface area (Å²) >= 11 is 1.93. The fourth-order valence-electron chi connectivity index (χ4n) is 14.0. The Balaban J connectivity index is 1.04. The normalized spacial score (nSPS) is 26.3. The first-order chi connectivity index (χ1) is 27.2. The second-order valence-corrected chi connectivity index (χ2v) is 19.4. The second-order valence-electron chi connectivity index (χ2n) is 18.3. The smallest absolute Gasteiger partial charge is 0.0476 e. The SMILES string of the molecule is c1ccc2c(c1)-c1ccc(N(c3ccc4c(c3)C3(c5ccccc5-4)C4CCC5CC(C4)CC3C5)c3ccc4c(c3)sc3ccccc34)cc1C21CCCCC1.